The number of sulfone groups is 1. The first-order valence-electron chi connectivity index (χ1n) is 7.29. The van der Waals surface area contributed by atoms with E-state index in [1.807, 2.05) is 27.7 Å². The van der Waals surface area contributed by atoms with Crippen LogP contribution in [0.4, 0.5) is 0 Å². The molecule has 0 bridgehead atoms. The molecule has 2 saturated heterocycles. The van der Waals surface area contributed by atoms with Crippen molar-refractivity contribution in [3.63, 3.8) is 0 Å². The maximum Gasteiger partial charge on any atom is 0.496 e. The standard InChI is InChI=1S/C14H20BNO5S/c1-13(2)14(3,4)21-15(20-13)10-5-6-12(17)16(7-10)11-8-22(18,19)9-11/h5-7,11H,8-9H2,1-4H3. The Labute approximate surface area is 130 Å². The molecule has 0 spiro atoms. The lowest BCUT2D eigenvalue weighted by molar-refractivity contribution is 0.00578. The quantitative estimate of drug-likeness (QED) is 0.722. The summed E-state index contributed by atoms with van der Waals surface area (Å²) in [5.41, 5.74) is -0.403. The largest absolute Gasteiger partial charge is 0.496 e. The number of hydrogen-bond acceptors (Lipinski definition) is 5. The van der Waals surface area contributed by atoms with Crippen molar-refractivity contribution >= 4 is 22.4 Å². The molecule has 0 N–H and O–H groups in total. The number of aromatic nitrogens is 1. The fourth-order valence-electron chi connectivity index (χ4n) is 2.62. The second kappa shape index (κ2) is 4.69. The predicted molar refractivity (Wildman–Crippen MR) is 84.1 cm³/mol. The van der Waals surface area contributed by atoms with E-state index >= 15 is 0 Å². The Balaban J connectivity index is 1.90. The molecule has 0 aliphatic carbocycles. The van der Waals surface area contributed by atoms with Crippen LogP contribution in [0, 0.1) is 0 Å². The Morgan fingerprint density at radius 3 is 2.18 bits per heavy atom. The summed E-state index contributed by atoms with van der Waals surface area (Å²) in [4.78, 5) is 12.0. The van der Waals surface area contributed by atoms with Crippen LogP contribution in [0.2, 0.25) is 0 Å². The molecule has 8 heteroatoms. The van der Waals surface area contributed by atoms with Gasteiger partial charge in [-0.3, -0.25) is 4.79 Å². The van der Waals surface area contributed by atoms with E-state index in [1.54, 1.807) is 12.3 Å². The molecule has 0 aromatic carbocycles. The summed E-state index contributed by atoms with van der Waals surface area (Å²) in [5, 5.41) is 0. The van der Waals surface area contributed by atoms with Crippen molar-refractivity contribution in [2.75, 3.05) is 11.5 Å². The summed E-state index contributed by atoms with van der Waals surface area (Å²) in [7, 11) is -3.55. The van der Waals surface area contributed by atoms with Gasteiger partial charge in [0.05, 0.1) is 28.7 Å². The minimum atomic E-state index is -2.99. The van der Waals surface area contributed by atoms with Crippen LogP contribution in [0.5, 0.6) is 0 Å². The van der Waals surface area contributed by atoms with Crippen LogP contribution in [0.3, 0.4) is 0 Å². The molecule has 120 valence electrons. The summed E-state index contributed by atoms with van der Waals surface area (Å²) < 4.78 is 36.1. The highest BCUT2D eigenvalue weighted by Crippen LogP contribution is 2.36. The van der Waals surface area contributed by atoms with Crippen LogP contribution in [0.1, 0.15) is 33.7 Å². The number of hydrogen-bond donors (Lipinski definition) is 0. The zero-order valence-electron chi connectivity index (χ0n) is 13.2. The highest BCUT2D eigenvalue weighted by molar-refractivity contribution is 7.92. The first kappa shape index (κ1) is 15.8. The molecule has 0 saturated carbocycles. The van der Waals surface area contributed by atoms with Crippen LogP contribution in [-0.2, 0) is 19.1 Å². The summed E-state index contributed by atoms with van der Waals surface area (Å²) in [6.45, 7) is 7.84. The van der Waals surface area contributed by atoms with Gasteiger partial charge in [-0.15, -0.1) is 0 Å². The minimum absolute atomic E-state index is 0.0136. The molecule has 3 heterocycles. The number of pyridine rings is 1. The van der Waals surface area contributed by atoms with E-state index in [0.717, 1.165) is 5.46 Å². The lowest BCUT2D eigenvalue weighted by atomic mass is 9.80. The Hall–Kier alpha value is -1.12. The summed E-state index contributed by atoms with van der Waals surface area (Å²) >= 11 is 0. The molecule has 6 nitrogen and oxygen atoms in total. The summed E-state index contributed by atoms with van der Waals surface area (Å²) in [5.74, 6) is 0.0272. The zero-order valence-corrected chi connectivity index (χ0v) is 14.0. The number of rotatable bonds is 2. The van der Waals surface area contributed by atoms with Crippen LogP contribution < -0.4 is 11.0 Å². The molecule has 0 atom stereocenters. The fourth-order valence-corrected chi connectivity index (χ4v) is 4.02. The maximum atomic E-state index is 12.0. The molecule has 22 heavy (non-hydrogen) atoms. The Morgan fingerprint density at radius 1 is 1.14 bits per heavy atom. The van der Waals surface area contributed by atoms with Crippen molar-refractivity contribution < 1.29 is 17.7 Å². The molecule has 2 aliphatic rings. The molecular weight excluding hydrogens is 305 g/mol. The lowest BCUT2D eigenvalue weighted by Crippen LogP contribution is -2.45. The van der Waals surface area contributed by atoms with E-state index in [-0.39, 0.29) is 23.1 Å². The third-order valence-electron chi connectivity index (χ3n) is 4.77. The van der Waals surface area contributed by atoms with E-state index in [1.165, 1.54) is 10.6 Å². The van der Waals surface area contributed by atoms with E-state index in [9.17, 15) is 13.2 Å². The van der Waals surface area contributed by atoms with Gasteiger partial charge in [-0.1, -0.05) is 6.07 Å². The first-order chi connectivity index (χ1) is 10.0. The van der Waals surface area contributed by atoms with Gasteiger partial charge >= 0.3 is 7.12 Å². The van der Waals surface area contributed by atoms with Crippen molar-refractivity contribution in [3.05, 3.63) is 28.7 Å². The van der Waals surface area contributed by atoms with Gasteiger partial charge in [0.15, 0.2) is 9.84 Å². The minimum Gasteiger partial charge on any atom is -0.399 e. The monoisotopic (exact) mass is 325 g/mol. The predicted octanol–water partition coefficient (Wildman–Crippen LogP) is 0.117. The molecule has 3 rings (SSSR count). The van der Waals surface area contributed by atoms with Crippen LogP contribution in [-0.4, -0.2) is 42.8 Å². The van der Waals surface area contributed by atoms with Crippen molar-refractivity contribution in [2.24, 2.45) is 0 Å². The zero-order chi connectivity index (χ0) is 16.3. The Kier molecular flexibility index (Phi) is 3.36. The van der Waals surface area contributed by atoms with Gasteiger partial charge in [0.2, 0.25) is 0 Å². The smallest absolute Gasteiger partial charge is 0.399 e. The molecule has 2 aliphatic heterocycles. The van der Waals surface area contributed by atoms with E-state index < -0.39 is 28.2 Å². The SMILES string of the molecule is CC1(C)OB(c2ccc(=O)n(C3CS(=O)(=O)C3)c2)OC1(C)C. The van der Waals surface area contributed by atoms with E-state index in [4.69, 9.17) is 9.31 Å². The van der Waals surface area contributed by atoms with Crippen LogP contribution in [0.15, 0.2) is 23.1 Å². The second-order valence-corrected chi connectivity index (χ2v) is 9.18. The molecule has 0 radical (unpaired) electrons. The summed E-state index contributed by atoms with van der Waals surface area (Å²) in [6, 6.07) is 2.82. The number of nitrogens with zero attached hydrogens (tertiary/aromatic N) is 1. The van der Waals surface area contributed by atoms with Gasteiger partial charge in [0, 0.05) is 12.3 Å². The normalized spacial score (nSPS) is 25.9. The van der Waals surface area contributed by atoms with Crippen molar-refractivity contribution in [3.8, 4) is 0 Å². The van der Waals surface area contributed by atoms with Gasteiger partial charge in [-0.2, -0.15) is 0 Å². The van der Waals surface area contributed by atoms with Crippen LogP contribution in [0.25, 0.3) is 0 Å². The summed E-state index contributed by atoms with van der Waals surface area (Å²) in [6.07, 6.45) is 1.66. The van der Waals surface area contributed by atoms with Gasteiger partial charge in [-0.05, 0) is 33.2 Å². The van der Waals surface area contributed by atoms with Crippen LogP contribution >= 0.6 is 0 Å². The fraction of sp³-hybridized carbons (Fsp3) is 0.643. The third-order valence-corrected chi connectivity index (χ3v) is 6.56. The molecule has 0 unspecified atom stereocenters. The first-order valence-corrected chi connectivity index (χ1v) is 9.11. The van der Waals surface area contributed by atoms with Gasteiger partial charge < -0.3 is 13.9 Å². The molecule has 0 amide bonds. The van der Waals surface area contributed by atoms with Crippen molar-refractivity contribution in [1.82, 2.24) is 4.57 Å². The van der Waals surface area contributed by atoms with Gasteiger partial charge in [0.1, 0.15) is 0 Å². The van der Waals surface area contributed by atoms with Gasteiger partial charge in [0.25, 0.3) is 5.56 Å². The topological polar surface area (TPSA) is 74.6 Å². The molecule has 2 fully saturated rings. The van der Waals surface area contributed by atoms with Crippen molar-refractivity contribution in [1.29, 1.82) is 0 Å². The average Bonchev–Trinajstić information content (AvgIpc) is 2.56. The highest BCUT2D eigenvalue weighted by Gasteiger charge is 2.52. The Morgan fingerprint density at radius 2 is 1.68 bits per heavy atom. The molecule has 1 aromatic heterocycles. The lowest BCUT2D eigenvalue weighted by Gasteiger charge is -2.32. The third kappa shape index (κ3) is 2.53. The van der Waals surface area contributed by atoms with Crippen molar-refractivity contribution in [2.45, 2.75) is 44.9 Å². The molecular formula is C14H20BNO5S. The van der Waals surface area contributed by atoms with E-state index in [2.05, 4.69) is 0 Å². The Bertz CT molecular complexity index is 740. The average molecular weight is 325 g/mol. The van der Waals surface area contributed by atoms with E-state index in [0.29, 0.717) is 0 Å². The van der Waals surface area contributed by atoms with Gasteiger partial charge in [-0.25, -0.2) is 8.42 Å². The second-order valence-electron chi connectivity index (χ2n) is 7.03. The highest BCUT2D eigenvalue weighted by atomic mass is 32.2. The molecule has 1 aromatic rings. The maximum absolute atomic E-state index is 12.0.